The molecular formula is C15H14F2N2O. The molecular weight excluding hydrogens is 262 g/mol. The lowest BCUT2D eigenvalue weighted by atomic mass is 10.1. The first-order valence-electron chi connectivity index (χ1n) is 6.06. The zero-order valence-electron chi connectivity index (χ0n) is 10.9. The number of hydrogen-bond donors (Lipinski definition) is 2. The summed E-state index contributed by atoms with van der Waals surface area (Å²) in [7, 11) is 0. The summed E-state index contributed by atoms with van der Waals surface area (Å²) < 4.78 is 26.6. The van der Waals surface area contributed by atoms with Crippen molar-refractivity contribution in [2.75, 3.05) is 5.32 Å². The molecule has 104 valence electrons. The maximum atomic E-state index is 13.5. The molecule has 2 aromatic rings. The molecule has 0 heterocycles. The number of anilines is 1. The molecule has 0 bridgehead atoms. The van der Waals surface area contributed by atoms with Gasteiger partial charge in [0.25, 0.3) is 0 Å². The molecule has 0 atom stereocenters. The molecule has 0 saturated carbocycles. The Morgan fingerprint density at radius 1 is 1.25 bits per heavy atom. The highest BCUT2D eigenvalue weighted by Crippen LogP contribution is 2.20. The molecule has 0 aromatic heterocycles. The number of benzene rings is 2. The zero-order chi connectivity index (χ0) is 14.7. The van der Waals surface area contributed by atoms with Crippen LogP contribution in [0.3, 0.4) is 0 Å². The van der Waals surface area contributed by atoms with Gasteiger partial charge in [0.2, 0.25) is 5.91 Å². The molecule has 5 heteroatoms. The Morgan fingerprint density at radius 2 is 2.00 bits per heavy atom. The molecule has 0 spiro atoms. The number of nitrogens with two attached hydrogens (primary N) is 1. The Hall–Kier alpha value is -2.43. The fourth-order valence-electron chi connectivity index (χ4n) is 1.96. The van der Waals surface area contributed by atoms with E-state index in [0.29, 0.717) is 16.8 Å². The van der Waals surface area contributed by atoms with E-state index in [9.17, 15) is 13.6 Å². The van der Waals surface area contributed by atoms with Gasteiger partial charge in [0.1, 0.15) is 11.6 Å². The van der Waals surface area contributed by atoms with Gasteiger partial charge in [0.15, 0.2) is 0 Å². The SMILES string of the molecule is Cc1c(NCc2cc(F)ccc2F)cccc1C(N)=O. The van der Waals surface area contributed by atoms with Crippen molar-refractivity contribution >= 4 is 11.6 Å². The predicted molar refractivity (Wildman–Crippen MR) is 73.4 cm³/mol. The minimum atomic E-state index is -0.525. The van der Waals surface area contributed by atoms with E-state index >= 15 is 0 Å². The van der Waals surface area contributed by atoms with Crippen molar-refractivity contribution in [1.29, 1.82) is 0 Å². The second kappa shape index (κ2) is 5.69. The third-order valence-corrected chi connectivity index (χ3v) is 3.08. The van der Waals surface area contributed by atoms with Gasteiger partial charge in [0, 0.05) is 23.4 Å². The summed E-state index contributed by atoms with van der Waals surface area (Å²) in [6.45, 7) is 1.86. The molecule has 2 rings (SSSR count). The van der Waals surface area contributed by atoms with Gasteiger partial charge in [-0.25, -0.2) is 8.78 Å². The second-order valence-corrected chi connectivity index (χ2v) is 4.43. The number of amides is 1. The van der Waals surface area contributed by atoms with Gasteiger partial charge in [-0.15, -0.1) is 0 Å². The lowest BCUT2D eigenvalue weighted by Gasteiger charge is -2.12. The van der Waals surface area contributed by atoms with E-state index < -0.39 is 17.5 Å². The molecule has 0 fully saturated rings. The lowest BCUT2D eigenvalue weighted by molar-refractivity contribution is 0.1000. The van der Waals surface area contributed by atoms with Crippen LogP contribution in [-0.4, -0.2) is 5.91 Å². The van der Waals surface area contributed by atoms with E-state index in [1.807, 2.05) is 0 Å². The van der Waals surface area contributed by atoms with E-state index in [4.69, 9.17) is 5.73 Å². The normalized spacial score (nSPS) is 10.3. The Bertz CT molecular complexity index is 656. The van der Waals surface area contributed by atoms with Crippen LogP contribution in [0.4, 0.5) is 14.5 Å². The number of primary amides is 1. The summed E-state index contributed by atoms with van der Waals surface area (Å²) in [5.74, 6) is -1.50. The van der Waals surface area contributed by atoms with Crippen LogP contribution in [0.15, 0.2) is 36.4 Å². The summed E-state index contributed by atoms with van der Waals surface area (Å²) in [5, 5.41) is 2.98. The molecule has 0 unspecified atom stereocenters. The molecule has 0 radical (unpaired) electrons. The number of halogens is 2. The van der Waals surface area contributed by atoms with Gasteiger partial charge in [-0.05, 0) is 42.8 Å². The van der Waals surface area contributed by atoms with Gasteiger partial charge in [-0.2, -0.15) is 0 Å². The van der Waals surface area contributed by atoms with Crippen LogP contribution in [-0.2, 0) is 6.54 Å². The van der Waals surface area contributed by atoms with Crippen LogP contribution in [0.5, 0.6) is 0 Å². The van der Waals surface area contributed by atoms with Gasteiger partial charge in [0.05, 0.1) is 0 Å². The molecule has 20 heavy (non-hydrogen) atoms. The second-order valence-electron chi connectivity index (χ2n) is 4.43. The van der Waals surface area contributed by atoms with Crippen LogP contribution in [0.1, 0.15) is 21.5 Å². The monoisotopic (exact) mass is 276 g/mol. The number of hydrogen-bond acceptors (Lipinski definition) is 2. The van der Waals surface area contributed by atoms with Crippen molar-refractivity contribution in [3.8, 4) is 0 Å². The highest BCUT2D eigenvalue weighted by molar-refractivity contribution is 5.95. The van der Waals surface area contributed by atoms with Crippen LogP contribution in [0, 0.1) is 18.6 Å². The van der Waals surface area contributed by atoms with E-state index in [-0.39, 0.29) is 12.1 Å². The molecule has 0 aliphatic carbocycles. The van der Waals surface area contributed by atoms with E-state index in [1.54, 1.807) is 25.1 Å². The third-order valence-electron chi connectivity index (χ3n) is 3.08. The number of rotatable bonds is 4. The Morgan fingerprint density at radius 3 is 2.70 bits per heavy atom. The Labute approximate surface area is 115 Å². The standard InChI is InChI=1S/C15H14F2N2O/c1-9-12(15(18)20)3-2-4-14(9)19-8-10-7-11(16)5-6-13(10)17/h2-7,19H,8H2,1H3,(H2,18,20). The summed E-state index contributed by atoms with van der Waals surface area (Å²) in [4.78, 5) is 11.2. The molecule has 3 nitrogen and oxygen atoms in total. The number of nitrogens with one attached hydrogen (secondary N) is 1. The smallest absolute Gasteiger partial charge is 0.249 e. The Balaban J connectivity index is 2.21. The summed E-state index contributed by atoms with van der Waals surface area (Å²) >= 11 is 0. The van der Waals surface area contributed by atoms with Crippen molar-refractivity contribution in [1.82, 2.24) is 0 Å². The summed E-state index contributed by atoms with van der Waals surface area (Å²) in [6, 6.07) is 8.33. The number of carbonyl (C=O) groups excluding carboxylic acids is 1. The van der Waals surface area contributed by atoms with Gasteiger partial charge in [-0.1, -0.05) is 6.07 Å². The summed E-state index contributed by atoms with van der Waals surface area (Å²) in [6.07, 6.45) is 0. The van der Waals surface area contributed by atoms with Crippen LogP contribution in [0.25, 0.3) is 0 Å². The molecule has 0 aliphatic rings. The third kappa shape index (κ3) is 2.93. The van der Waals surface area contributed by atoms with Crippen molar-refractivity contribution in [3.05, 3.63) is 64.7 Å². The minimum absolute atomic E-state index is 0.118. The fourth-order valence-corrected chi connectivity index (χ4v) is 1.96. The van der Waals surface area contributed by atoms with Crippen LogP contribution < -0.4 is 11.1 Å². The molecule has 2 aromatic carbocycles. The molecule has 1 amide bonds. The van der Waals surface area contributed by atoms with E-state index in [1.165, 1.54) is 0 Å². The highest BCUT2D eigenvalue weighted by atomic mass is 19.1. The maximum Gasteiger partial charge on any atom is 0.249 e. The lowest BCUT2D eigenvalue weighted by Crippen LogP contribution is -2.14. The molecule has 3 N–H and O–H groups in total. The van der Waals surface area contributed by atoms with Crippen molar-refractivity contribution in [3.63, 3.8) is 0 Å². The molecule has 0 aliphatic heterocycles. The quantitative estimate of drug-likeness (QED) is 0.902. The summed E-state index contributed by atoms with van der Waals surface area (Å²) in [5.41, 5.74) is 7.21. The average Bonchev–Trinajstić information content (AvgIpc) is 2.41. The van der Waals surface area contributed by atoms with Crippen LogP contribution in [0.2, 0.25) is 0 Å². The van der Waals surface area contributed by atoms with E-state index in [0.717, 1.165) is 18.2 Å². The van der Waals surface area contributed by atoms with Crippen molar-refractivity contribution in [2.24, 2.45) is 5.73 Å². The fraction of sp³-hybridized carbons (Fsp3) is 0.133. The minimum Gasteiger partial charge on any atom is -0.381 e. The topological polar surface area (TPSA) is 55.1 Å². The Kier molecular flexibility index (Phi) is 3.98. The van der Waals surface area contributed by atoms with Gasteiger partial charge in [-0.3, -0.25) is 4.79 Å². The first kappa shape index (κ1) is 14.0. The van der Waals surface area contributed by atoms with Crippen molar-refractivity contribution < 1.29 is 13.6 Å². The van der Waals surface area contributed by atoms with Crippen molar-refractivity contribution in [2.45, 2.75) is 13.5 Å². The van der Waals surface area contributed by atoms with E-state index in [2.05, 4.69) is 5.32 Å². The first-order chi connectivity index (χ1) is 9.49. The van der Waals surface area contributed by atoms with Gasteiger partial charge < -0.3 is 11.1 Å². The highest BCUT2D eigenvalue weighted by Gasteiger charge is 2.09. The van der Waals surface area contributed by atoms with Gasteiger partial charge >= 0.3 is 0 Å². The zero-order valence-corrected chi connectivity index (χ0v) is 10.9. The average molecular weight is 276 g/mol. The number of carbonyl (C=O) groups is 1. The largest absolute Gasteiger partial charge is 0.381 e. The van der Waals surface area contributed by atoms with Crippen LogP contribution >= 0.6 is 0 Å². The maximum absolute atomic E-state index is 13.5. The molecule has 0 saturated heterocycles. The first-order valence-corrected chi connectivity index (χ1v) is 6.06. The predicted octanol–water partition coefficient (Wildman–Crippen LogP) is 2.98.